The summed E-state index contributed by atoms with van der Waals surface area (Å²) in [5, 5.41) is 10.3. The molecule has 0 fully saturated rings. The molecule has 0 saturated carbocycles. The summed E-state index contributed by atoms with van der Waals surface area (Å²) in [6, 6.07) is 9.24. The molecule has 2 unspecified atom stereocenters. The van der Waals surface area contributed by atoms with E-state index in [2.05, 4.69) is 0 Å². The van der Waals surface area contributed by atoms with Gasteiger partial charge >= 0.3 is 0 Å². The van der Waals surface area contributed by atoms with E-state index >= 15 is 0 Å². The van der Waals surface area contributed by atoms with Gasteiger partial charge in [0.05, 0.1) is 12.7 Å². The Morgan fingerprint density at radius 2 is 1.81 bits per heavy atom. The zero-order valence-electron chi connectivity index (χ0n) is 11.0. The van der Waals surface area contributed by atoms with E-state index in [1.54, 1.807) is 0 Å². The summed E-state index contributed by atoms with van der Waals surface area (Å²) in [5.74, 6) is -3.87. The highest BCUT2D eigenvalue weighted by Crippen LogP contribution is 2.34. The maximum Gasteiger partial charge on any atom is 0.194 e. The molecule has 3 rings (SSSR count). The first kappa shape index (κ1) is 13.9. The molecular weight excluding hydrogens is 281 g/mol. The van der Waals surface area contributed by atoms with E-state index in [9.17, 15) is 18.3 Å². The minimum absolute atomic E-state index is 0.191. The highest BCUT2D eigenvalue weighted by Gasteiger charge is 2.30. The number of hydrogen-bond acceptors (Lipinski definition) is 2. The quantitative estimate of drug-likeness (QED) is 0.860. The number of aliphatic hydroxyl groups excluding tert-OH is 1. The first-order valence-electron chi connectivity index (χ1n) is 6.60. The maximum absolute atomic E-state index is 13.7. The van der Waals surface area contributed by atoms with Gasteiger partial charge < -0.3 is 9.84 Å². The molecule has 0 spiro atoms. The third-order valence-corrected chi connectivity index (χ3v) is 3.74. The molecule has 0 amide bonds. The number of hydrogen-bond donors (Lipinski definition) is 1. The number of rotatable bonds is 2. The summed E-state index contributed by atoms with van der Waals surface area (Å²) in [7, 11) is 0. The minimum Gasteiger partial charge on any atom is -0.493 e. The van der Waals surface area contributed by atoms with E-state index in [0.29, 0.717) is 6.42 Å². The third kappa shape index (κ3) is 2.49. The van der Waals surface area contributed by atoms with Gasteiger partial charge in [0.25, 0.3) is 0 Å². The molecule has 0 aliphatic carbocycles. The second kappa shape index (κ2) is 5.41. The zero-order chi connectivity index (χ0) is 15.0. The fourth-order valence-electron chi connectivity index (χ4n) is 2.58. The summed E-state index contributed by atoms with van der Waals surface area (Å²) < 4.78 is 45.5. The average molecular weight is 294 g/mol. The van der Waals surface area contributed by atoms with Crippen LogP contribution in [0.4, 0.5) is 13.2 Å². The highest BCUT2D eigenvalue weighted by atomic mass is 19.2. The summed E-state index contributed by atoms with van der Waals surface area (Å²) in [6.45, 7) is 0.191. The largest absolute Gasteiger partial charge is 0.493 e. The molecule has 5 heteroatoms. The second-order valence-corrected chi connectivity index (χ2v) is 5.09. The van der Waals surface area contributed by atoms with Gasteiger partial charge in [0.15, 0.2) is 17.5 Å². The molecule has 110 valence electrons. The van der Waals surface area contributed by atoms with Crippen molar-refractivity contribution in [2.24, 2.45) is 5.92 Å². The predicted octanol–water partition coefficient (Wildman–Crippen LogP) is 3.39. The SMILES string of the molecule is OC(c1ccc(F)c(F)c1F)C1COc2ccccc2C1. The molecule has 21 heavy (non-hydrogen) atoms. The molecule has 1 aliphatic rings. The average Bonchev–Trinajstić information content (AvgIpc) is 2.52. The Kier molecular flexibility index (Phi) is 3.59. The van der Waals surface area contributed by atoms with Gasteiger partial charge in [-0.1, -0.05) is 24.3 Å². The Labute approximate surface area is 119 Å². The van der Waals surface area contributed by atoms with E-state index in [1.165, 1.54) is 0 Å². The molecule has 2 aromatic carbocycles. The molecule has 0 radical (unpaired) electrons. The van der Waals surface area contributed by atoms with Crippen molar-refractivity contribution in [2.75, 3.05) is 6.61 Å². The Hall–Kier alpha value is -2.01. The fourth-order valence-corrected chi connectivity index (χ4v) is 2.58. The van der Waals surface area contributed by atoms with Crippen molar-refractivity contribution in [1.29, 1.82) is 0 Å². The van der Waals surface area contributed by atoms with Gasteiger partial charge in [0, 0.05) is 11.5 Å². The first-order chi connectivity index (χ1) is 10.1. The van der Waals surface area contributed by atoms with Crippen LogP contribution in [0.15, 0.2) is 36.4 Å². The van der Waals surface area contributed by atoms with Gasteiger partial charge in [-0.25, -0.2) is 13.2 Å². The zero-order valence-corrected chi connectivity index (χ0v) is 11.0. The van der Waals surface area contributed by atoms with E-state index in [-0.39, 0.29) is 12.2 Å². The normalized spacial score (nSPS) is 18.8. The highest BCUT2D eigenvalue weighted by molar-refractivity contribution is 5.36. The van der Waals surface area contributed by atoms with Gasteiger partial charge in [-0.05, 0) is 24.1 Å². The molecule has 0 saturated heterocycles. The van der Waals surface area contributed by atoms with Crippen molar-refractivity contribution >= 4 is 0 Å². The molecule has 1 aliphatic heterocycles. The Bertz CT molecular complexity index is 673. The fraction of sp³-hybridized carbons (Fsp3) is 0.250. The lowest BCUT2D eigenvalue weighted by molar-refractivity contribution is 0.0612. The smallest absolute Gasteiger partial charge is 0.194 e. The topological polar surface area (TPSA) is 29.5 Å². The Balaban J connectivity index is 1.87. The van der Waals surface area contributed by atoms with Crippen LogP contribution < -0.4 is 4.74 Å². The van der Waals surface area contributed by atoms with Crippen molar-refractivity contribution in [3.63, 3.8) is 0 Å². The van der Waals surface area contributed by atoms with E-state index in [1.807, 2.05) is 24.3 Å². The standard InChI is InChI=1S/C16H13F3O2/c17-12-6-5-11(14(18)15(12)19)16(20)10-7-9-3-1-2-4-13(9)21-8-10/h1-6,10,16,20H,7-8H2. The number of halogens is 3. The van der Waals surface area contributed by atoms with Gasteiger partial charge in [-0.2, -0.15) is 0 Å². The number of ether oxygens (including phenoxy) is 1. The van der Waals surface area contributed by atoms with Crippen molar-refractivity contribution < 1.29 is 23.0 Å². The van der Waals surface area contributed by atoms with Crippen molar-refractivity contribution in [3.05, 3.63) is 65.0 Å². The van der Waals surface area contributed by atoms with Gasteiger partial charge in [0.1, 0.15) is 5.75 Å². The molecule has 2 atom stereocenters. The second-order valence-electron chi connectivity index (χ2n) is 5.09. The summed E-state index contributed by atoms with van der Waals surface area (Å²) in [5.41, 5.74) is 0.651. The van der Waals surface area contributed by atoms with Crippen LogP contribution in [0.25, 0.3) is 0 Å². The minimum atomic E-state index is -1.57. The maximum atomic E-state index is 13.7. The Morgan fingerprint density at radius 3 is 2.62 bits per heavy atom. The number of aliphatic hydroxyl groups is 1. The number of benzene rings is 2. The van der Waals surface area contributed by atoms with Crippen LogP contribution in [-0.4, -0.2) is 11.7 Å². The van der Waals surface area contributed by atoms with E-state index in [0.717, 1.165) is 23.4 Å². The molecule has 2 nitrogen and oxygen atoms in total. The molecule has 1 heterocycles. The van der Waals surface area contributed by atoms with Crippen molar-refractivity contribution in [2.45, 2.75) is 12.5 Å². The van der Waals surface area contributed by atoms with Crippen LogP contribution in [0.1, 0.15) is 17.2 Å². The lowest BCUT2D eigenvalue weighted by Crippen LogP contribution is -2.27. The number of fused-ring (bicyclic) bond motifs is 1. The molecular formula is C16H13F3O2. The molecule has 2 aromatic rings. The van der Waals surface area contributed by atoms with Crippen LogP contribution in [0.3, 0.4) is 0 Å². The van der Waals surface area contributed by atoms with Crippen molar-refractivity contribution in [1.82, 2.24) is 0 Å². The van der Waals surface area contributed by atoms with Crippen LogP contribution >= 0.6 is 0 Å². The molecule has 1 N–H and O–H groups in total. The van der Waals surface area contributed by atoms with Gasteiger partial charge in [-0.3, -0.25) is 0 Å². The van der Waals surface area contributed by atoms with E-state index < -0.39 is 29.5 Å². The van der Waals surface area contributed by atoms with Crippen LogP contribution in [-0.2, 0) is 6.42 Å². The lowest BCUT2D eigenvalue weighted by atomic mass is 9.88. The monoisotopic (exact) mass is 294 g/mol. The van der Waals surface area contributed by atoms with Crippen LogP contribution in [0.5, 0.6) is 5.75 Å². The number of para-hydroxylation sites is 1. The summed E-state index contributed by atoms with van der Waals surface area (Å²) >= 11 is 0. The first-order valence-corrected chi connectivity index (χ1v) is 6.60. The Morgan fingerprint density at radius 1 is 1.05 bits per heavy atom. The third-order valence-electron chi connectivity index (χ3n) is 3.74. The molecule has 0 aromatic heterocycles. The van der Waals surface area contributed by atoms with E-state index in [4.69, 9.17) is 4.74 Å². The summed E-state index contributed by atoms with van der Waals surface area (Å²) in [4.78, 5) is 0. The van der Waals surface area contributed by atoms with Crippen LogP contribution in [0.2, 0.25) is 0 Å². The van der Waals surface area contributed by atoms with Crippen molar-refractivity contribution in [3.8, 4) is 5.75 Å². The van der Waals surface area contributed by atoms with Gasteiger partial charge in [0.2, 0.25) is 0 Å². The molecule has 0 bridgehead atoms. The lowest BCUT2D eigenvalue weighted by Gasteiger charge is -2.29. The van der Waals surface area contributed by atoms with Crippen LogP contribution in [0, 0.1) is 23.4 Å². The summed E-state index contributed by atoms with van der Waals surface area (Å²) in [6.07, 6.45) is -0.774. The van der Waals surface area contributed by atoms with Gasteiger partial charge in [-0.15, -0.1) is 0 Å². The predicted molar refractivity (Wildman–Crippen MR) is 70.4 cm³/mol.